The van der Waals surface area contributed by atoms with Crippen LogP contribution in [0.3, 0.4) is 0 Å². The largest absolute Gasteiger partial charge is 0.444 e. The Morgan fingerprint density at radius 3 is 2.00 bits per heavy atom. The summed E-state index contributed by atoms with van der Waals surface area (Å²) < 4.78 is 5.15. The normalized spacial score (nSPS) is 10.8. The van der Waals surface area contributed by atoms with Crippen LogP contribution in [0.25, 0.3) is 0 Å². The first-order valence-electron chi connectivity index (χ1n) is 6.70. The molecule has 0 fully saturated rings. The molecule has 2 N–H and O–H groups in total. The molecular formula is C15H22N2O3. The van der Waals surface area contributed by atoms with Gasteiger partial charge in [0, 0.05) is 17.8 Å². The van der Waals surface area contributed by atoms with Gasteiger partial charge in [-0.1, -0.05) is 6.92 Å². The molecule has 0 radical (unpaired) electrons. The minimum absolute atomic E-state index is 0.0136. The van der Waals surface area contributed by atoms with Crippen molar-refractivity contribution in [2.45, 2.75) is 46.1 Å². The van der Waals surface area contributed by atoms with Crippen molar-refractivity contribution in [3.8, 4) is 0 Å². The molecule has 0 atom stereocenters. The van der Waals surface area contributed by atoms with Crippen molar-refractivity contribution < 1.29 is 14.3 Å². The summed E-state index contributed by atoms with van der Waals surface area (Å²) in [6.45, 7) is 7.37. The van der Waals surface area contributed by atoms with E-state index in [-0.39, 0.29) is 5.91 Å². The SMILES string of the molecule is CCCC(=O)Nc1ccc(NC(=O)OC(C)(C)C)cc1. The summed E-state index contributed by atoms with van der Waals surface area (Å²) in [7, 11) is 0. The molecule has 5 heteroatoms. The summed E-state index contributed by atoms with van der Waals surface area (Å²) >= 11 is 0. The maximum Gasteiger partial charge on any atom is 0.412 e. The summed E-state index contributed by atoms with van der Waals surface area (Å²) in [6.07, 6.45) is 0.808. The highest BCUT2D eigenvalue weighted by Crippen LogP contribution is 2.15. The van der Waals surface area contributed by atoms with Crippen molar-refractivity contribution in [2.75, 3.05) is 10.6 Å². The zero-order chi connectivity index (χ0) is 15.2. The highest BCUT2D eigenvalue weighted by atomic mass is 16.6. The van der Waals surface area contributed by atoms with E-state index < -0.39 is 11.7 Å². The number of benzene rings is 1. The van der Waals surface area contributed by atoms with E-state index in [0.717, 1.165) is 6.42 Å². The van der Waals surface area contributed by atoms with E-state index in [0.29, 0.717) is 17.8 Å². The Balaban J connectivity index is 2.54. The van der Waals surface area contributed by atoms with Gasteiger partial charge in [-0.3, -0.25) is 10.1 Å². The Kier molecular flexibility index (Phi) is 5.55. The van der Waals surface area contributed by atoms with Gasteiger partial charge in [-0.25, -0.2) is 4.79 Å². The molecule has 110 valence electrons. The number of nitrogens with one attached hydrogen (secondary N) is 2. The second kappa shape index (κ2) is 6.93. The summed E-state index contributed by atoms with van der Waals surface area (Å²) in [6, 6.07) is 6.90. The Labute approximate surface area is 119 Å². The molecule has 0 saturated heterocycles. The predicted octanol–water partition coefficient (Wildman–Crippen LogP) is 3.77. The lowest BCUT2D eigenvalue weighted by Gasteiger charge is -2.19. The molecule has 0 aliphatic rings. The molecule has 0 spiro atoms. The Morgan fingerprint density at radius 1 is 1.05 bits per heavy atom. The van der Waals surface area contributed by atoms with Gasteiger partial charge in [0.1, 0.15) is 5.60 Å². The highest BCUT2D eigenvalue weighted by Gasteiger charge is 2.16. The van der Waals surface area contributed by atoms with Crippen molar-refractivity contribution in [1.82, 2.24) is 0 Å². The quantitative estimate of drug-likeness (QED) is 0.880. The van der Waals surface area contributed by atoms with Gasteiger partial charge in [0.05, 0.1) is 0 Å². The van der Waals surface area contributed by atoms with Crippen LogP contribution < -0.4 is 10.6 Å². The van der Waals surface area contributed by atoms with Crippen molar-refractivity contribution >= 4 is 23.4 Å². The third kappa shape index (κ3) is 6.22. The third-order valence-corrected chi connectivity index (χ3v) is 2.29. The van der Waals surface area contributed by atoms with Gasteiger partial charge in [-0.05, 0) is 51.5 Å². The lowest BCUT2D eigenvalue weighted by molar-refractivity contribution is -0.116. The van der Waals surface area contributed by atoms with E-state index in [1.54, 1.807) is 45.0 Å². The monoisotopic (exact) mass is 278 g/mol. The zero-order valence-corrected chi connectivity index (χ0v) is 12.4. The van der Waals surface area contributed by atoms with Gasteiger partial charge >= 0.3 is 6.09 Å². The molecule has 0 saturated carbocycles. The van der Waals surface area contributed by atoms with Crippen LogP contribution in [0.2, 0.25) is 0 Å². The summed E-state index contributed by atoms with van der Waals surface area (Å²) in [5.41, 5.74) is 0.795. The topological polar surface area (TPSA) is 67.4 Å². The summed E-state index contributed by atoms with van der Waals surface area (Å²) in [4.78, 5) is 23.0. The van der Waals surface area contributed by atoms with E-state index in [4.69, 9.17) is 4.74 Å². The number of hydrogen-bond donors (Lipinski definition) is 2. The standard InChI is InChI=1S/C15H22N2O3/c1-5-6-13(18)16-11-7-9-12(10-8-11)17-14(19)20-15(2,3)4/h7-10H,5-6H2,1-4H3,(H,16,18)(H,17,19). The number of anilines is 2. The number of ether oxygens (including phenoxy) is 1. The molecule has 5 nitrogen and oxygen atoms in total. The van der Waals surface area contributed by atoms with E-state index >= 15 is 0 Å². The molecule has 20 heavy (non-hydrogen) atoms. The van der Waals surface area contributed by atoms with Crippen LogP contribution in [0.5, 0.6) is 0 Å². The van der Waals surface area contributed by atoms with Crippen LogP contribution >= 0.6 is 0 Å². The molecule has 0 aliphatic heterocycles. The molecule has 0 aliphatic carbocycles. The van der Waals surface area contributed by atoms with Gasteiger partial charge < -0.3 is 10.1 Å². The fourth-order valence-corrected chi connectivity index (χ4v) is 1.51. The van der Waals surface area contributed by atoms with Crippen molar-refractivity contribution in [2.24, 2.45) is 0 Å². The Bertz CT molecular complexity index is 461. The van der Waals surface area contributed by atoms with Gasteiger partial charge in [0.2, 0.25) is 5.91 Å². The average molecular weight is 278 g/mol. The maximum absolute atomic E-state index is 11.6. The maximum atomic E-state index is 11.6. The smallest absolute Gasteiger partial charge is 0.412 e. The average Bonchev–Trinajstić information content (AvgIpc) is 2.29. The number of hydrogen-bond acceptors (Lipinski definition) is 3. The number of carbonyl (C=O) groups is 2. The first-order valence-corrected chi connectivity index (χ1v) is 6.70. The minimum atomic E-state index is -0.530. The number of amides is 2. The second-order valence-corrected chi connectivity index (χ2v) is 5.50. The number of carbonyl (C=O) groups excluding carboxylic acids is 2. The van der Waals surface area contributed by atoms with E-state index in [9.17, 15) is 9.59 Å². The molecule has 2 amide bonds. The molecule has 1 aromatic carbocycles. The van der Waals surface area contributed by atoms with Crippen LogP contribution in [0.1, 0.15) is 40.5 Å². The van der Waals surface area contributed by atoms with E-state index in [2.05, 4.69) is 10.6 Å². The lowest BCUT2D eigenvalue weighted by atomic mass is 10.2. The van der Waals surface area contributed by atoms with Crippen LogP contribution in [-0.2, 0) is 9.53 Å². The van der Waals surface area contributed by atoms with Crippen LogP contribution in [-0.4, -0.2) is 17.6 Å². The first-order chi connectivity index (χ1) is 9.30. The second-order valence-electron chi connectivity index (χ2n) is 5.50. The van der Waals surface area contributed by atoms with Gasteiger partial charge in [-0.15, -0.1) is 0 Å². The van der Waals surface area contributed by atoms with Crippen molar-refractivity contribution in [3.63, 3.8) is 0 Å². The van der Waals surface area contributed by atoms with Gasteiger partial charge in [-0.2, -0.15) is 0 Å². The summed E-state index contributed by atoms with van der Waals surface area (Å²) in [5.74, 6) is -0.0136. The lowest BCUT2D eigenvalue weighted by Crippen LogP contribution is -2.27. The van der Waals surface area contributed by atoms with E-state index in [1.807, 2.05) is 6.92 Å². The van der Waals surface area contributed by atoms with Gasteiger partial charge in [0.25, 0.3) is 0 Å². The van der Waals surface area contributed by atoms with E-state index in [1.165, 1.54) is 0 Å². The zero-order valence-electron chi connectivity index (χ0n) is 12.4. The van der Waals surface area contributed by atoms with Crippen LogP contribution in [0.15, 0.2) is 24.3 Å². The summed E-state index contributed by atoms with van der Waals surface area (Å²) in [5, 5.41) is 5.41. The molecule has 0 heterocycles. The number of rotatable bonds is 4. The molecule has 0 unspecified atom stereocenters. The third-order valence-electron chi connectivity index (χ3n) is 2.29. The highest BCUT2D eigenvalue weighted by molar-refractivity contribution is 5.91. The Hall–Kier alpha value is -2.04. The molecule has 1 aromatic rings. The fourth-order valence-electron chi connectivity index (χ4n) is 1.51. The molecule has 0 aromatic heterocycles. The predicted molar refractivity (Wildman–Crippen MR) is 79.8 cm³/mol. The van der Waals surface area contributed by atoms with Crippen molar-refractivity contribution in [1.29, 1.82) is 0 Å². The van der Waals surface area contributed by atoms with Crippen LogP contribution in [0.4, 0.5) is 16.2 Å². The Morgan fingerprint density at radius 2 is 1.55 bits per heavy atom. The minimum Gasteiger partial charge on any atom is -0.444 e. The fraction of sp³-hybridized carbons (Fsp3) is 0.467. The van der Waals surface area contributed by atoms with Crippen LogP contribution in [0, 0.1) is 0 Å². The van der Waals surface area contributed by atoms with Crippen molar-refractivity contribution in [3.05, 3.63) is 24.3 Å². The molecular weight excluding hydrogens is 256 g/mol. The first kappa shape index (κ1) is 16.0. The molecule has 1 rings (SSSR count). The van der Waals surface area contributed by atoms with Gasteiger partial charge in [0.15, 0.2) is 0 Å². The molecule has 0 bridgehead atoms.